The molecule has 26 heavy (non-hydrogen) atoms. The van der Waals surface area contributed by atoms with Gasteiger partial charge in [-0.1, -0.05) is 11.6 Å². The Morgan fingerprint density at radius 1 is 1.42 bits per heavy atom. The number of anilines is 3. The summed E-state index contributed by atoms with van der Waals surface area (Å²) < 4.78 is 4.54. The van der Waals surface area contributed by atoms with Gasteiger partial charge < -0.3 is 20.5 Å². The molecule has 9 heteroatoms. The van der Waals surface area contributed by atoms with Crippen LogP contribution in [0.2, 0.25) is 5.02 Å². The summed E-state index contributed by atoms with van der Waals surface area (Å²) in [6, 6.07) is 6.66. The van der Waals surface area contributed by atoms with Crippen molar-refractivity contribution in [1.82, 2.24) is 9.97 Å². The summed E-state index contributed by atoms with van der Waals surface area (Å²) in [5.74, 6) is 0.603. The number of amides is 1. The second kappa shape index (κ2) is 7.59. The Labute approximate surface area is 155 Å². The number of carbonyl (C=O) groups is 1. The molecule has 0 aliphatic carbocycles. The highest BCUT2D eigenvalue weighted by atomic mass is 35.5. The molecule has 0 bridgehead atoms. The predicted molar refractivity (Wildman–Crippen MR) is 100 cm³/mol. The molecule has 0 spiro atoms. The van der Waals surface area contributed by atoms with Gasteiger partial charge in [0.05, 0.1) is 13.2 Å². The van der Waals surface area contributed by atoms with E-state index in [-0.39, 0.29) is 6.04 Å². The molecular weight excluding hydrogens is 358 g/mol. The number of nitrogens with one attached hydrogen (secondary N) is 3. The largest absolute Gasteiger partial charge is 0.453 e. The number of hydrogen-bond acceptors (Lipinski definition) is 7. The third-order valence-electron chi connectivity index (χ3n) is 3.86. The Morgan fingerprint density at radius 3 is 3.00 bits per heavy atom. The minimum Gasteiger partial charge on any atom is -0.453 e. The zero-order valence-corrected chi connectivity index (χ0v) is 14.9. The van der Waals surface area contributed by atoms with Crippen molar-refractivity contribution in [2.75, 3.05) is 23.1 Å². The number of halogens is 1. The van der Waals surface area contributed by atoms with Gasteiger partial charge in [-0.2, -0.15) is 4.98 Å². The molecule has 1 aromatic carbocycles. The molecule has 8 nitrogen and oxygen atoms in total. The van der Waals surface area contributed by atoms with Crippen molar-refractivity contribution < 1.29 is 14.6 Å². The fraction of sp³-hybridized carbons (Fsp3) is 0.235. The van der Waals surface area contributed by atoms with Gasteiger partial charge in [0.15, 0.2) is 0 Å². The van der Waals surface area contributed by atoms with Crippen LogP contribution in [0.4, 0.5) is 22.2 Å². The molecule has 4 N–H and O–H groups in total. The van der Waals surface area contributed by atoms with Crippen molar-refractivity contribution in [2.45, 2.75) is 19.2 Å². The Hall–Kier alpha value is -2.84. The lowest BCUT2D eigenvalue weighted by atomic mass is 9.98. The van der Waals surface area contributed by atoms with Gasteiger partial charge in [0.2, 0.25) is 5.95 Å². The van der Waals surface area contributed by atoms with Crippen LogP contribution >= 0.6 is 11.6 Å². The summed E-state index contributed by atoms with van der Waals surface area (Å²) in [5, 5.41) is 19.6. The number of methoxy groups -OCH3 is 1. The van der Waals surface area contributed by atoms with E-state index in [0.29, 0.717) is 22.4 Å². The van der Waals surface area contributed by atoms with Crippen LogP contribution in [0.25, 0.3) is 6.08 Å². The van der Waals surface area contributed by atoms with Gasteiger partial charge >= 0.3 is 6.09 Å². The molecule has 0 saturated carbocycles. The van der Waals surface area contributed by atoms with Crippen LogP contribution < -0.4 is 16.0 Å². The SMILES string of the molecule is COC(=O)Nc1ccnc(N[C@@H](C)C2=Cc3cc(Cl)ccc3NC2O)n1. The highest BCUT2D eigenvalue weighted by Gasteiger charge is 2.23. The molecule has 1 unspecified atom stereocenters. The average molecular weight is 376 g/mol. The summed E-state index contributed by atoms with van der Waals surface area (Å²) in [7, 11) is 1.27. The van der Waals surface area contributed by atoms with E-state index in [1.807, 2.05) is 25.1 Å². The highest BCUT2D eigenvalue weighted by molar-refractivity contribution is 6.30. The van der Waals surface area contributed by atoms with Crippen molar-refractivity contribution >= 4 is 41.2 Å². The maximum absolute atomic E-state index is 11.3. The van der Waals surface area contributed by atoms with Crippen LogP contribution in [0, 0.1) is 0 Å². The van der Waals surface area contributed by atoms with Gasteiger partial charge in [-0.3, -0.25) is 5.32 Å². The minimum atomic E-state index is -0.859. The van der Waals surface area contributed by atoms with Crippen molar-refractivity contribution in [3.63, 3.8) is 0 Å². The van der Waals surface area contributed by atoms with Gasteiger partial charge in [-0.05, 0) is 42.8 Å². The average Bonchev–Trinajstić information content (AvgIpc) is 2.61. The zero-order chi connectivity index (χ0) is 18.7. The van der Waals surface area contributed by atoms with Gasteiger partial charge in [0, 0.05) is 22.5 Å². The van der Waals surface area contributed by atoms with Gasteiger partial charge in [-0.15, -0.1) is 0 Å². The molecule has 0 fully saturated rings. The summed E-state index contributed by atoms with van der Waals surface area (Å²) >= 11 is 6.04. The number of aliphatic hydroxyl groups excluding tert-OH is 1. The molecule has 1 amide bonds. The number of rotatable bonds is 4. The molecule has 2 atom stereocenters. The fourth-order valence-corrected chi connectivity index (χ4v) is 2.75. The number of nitrogens with zero attached hydrogens (tertiary/aromatic N) is 2. The number of aromatic nitrogens is 2. The Kier molecular flexibility index (Phi) is 5.24. The van der Waals surface area contributed by atoms with E-state index in [1.54, 1.807) is 12.1 Å². The Balaban J connectivity index is 1.78. The monoisotopic (exact) mass is 375 g/mol. The van der Waals surface area contributed by atoms with E-state index in [1.165, 1.54) is 13.3 Å². The first-order valence-corrected chi connectivity index (χ1v) is 8.24. The summed E-state index contributed by atoms with van der Waals surface area (Å²) in [6.07, 6.45) is 1.90. The van der Waals surface area contributed by atoms with Crippen molar-refractivity contribution in [3.8, 4) is 0 Å². The number of fused-ring (bicyclic) bond motifs is 1. The quantitative estimate of drug-likeness (QED) is 0.650. The molecule has 1 aliphatic heterocycles. The van der Waals surface area contributed by atoms with Gasteiger partial charge in [0.25, 0.3) is 0 Å². The Morgan fingerprint density at radius 2 is 2.23 bits per heavy atom. The lowest BCUT2D eigenvalue weighted by Crippen LogP contribution is -2.34. The molecule has 0 saturated heterocycles. The van der Waals surface area contributed by atoms with E-state index in [4.69, 9.17) is 11.6 Å². The molecule has 2 aromatic rings. The van der Waals surface area contributed by atoms with Crippen LogP contribution in [-0.2, 0) is 4.74 Å². The fourth-order valence-electron chi connectivity index (χ4n) is 2.57. The van der Waals surface area contributed by atoms with E-state index in [9.17, 15) is 9.90 Å². The second-order valence-corrected chi connectivity index (χ2v) is 6.11. The van der Waals surface area contributed by atoms with Crippen molar-refractivity contribution in [1.29, 1.82) is 0 Å². The third kappa shape index (κ3) is 4.04. The van der Waals surface area contributed by atoms with Gasteiger partial charge in [-0.25, -0.2) is 9.78 Å². The highest BCUT2D eigenvalue weighted by Crippen LogP contribution is 2.30. The molecular formula is C17H18ClN5O3. The van der Waals surface area contributed by atoms with E-state index in [2.05, 4.69) is 30.7 Å². The number of hydrogen-bond donors (Lipinski definition) is 4. The molecule has 1 aliphatic rings. The zero-order valence-electron chi connectivity index (χ0n) is 14.2. The van der Waals surface area contributed by atoms with Crippen molar-refractivity contribution in [3.05, 3.63) is 46.6 Å². The number of carbonyl (C=O) groups excluding carboxylic acids is 1. The summed E-state index contributed by atoms with van der Waals surface area (Å²) in [6.45, 7) is 1.87. The second-order valence-electron chi connectivity index (χ2n) is 5.67. The van der Waals surface area contributed by atoms with Crippen LogP contribution in [0.1, 0.15) is 12.5 Å². The van der Waals surface area contributed by atoms with E-state index in [0.717, 1.165) is 11.3 Å². The topological polar surface area (TPSA) is 108 Å². The lowest BCUT2D eigenvalue weighted by Gasteiger charge is -2.28. The standard InChI is InChI=1S/C17H18ClN5O3/c1-9(20-16-19-6-5-14(22-16)23-17(25)26-2)12-8-10-7-11(18)3-4-13(10)21-15(12)24/h3-9,15,21,24H,1-2H3,(H2,19,20,22,23,25)/t9-,15?/m0/s1. The van der Waals surface area contributed by atoms with Crippen LogP contribution in [-0.4, -0.2) is 40.5 Å². The maximum atomic E-state index is 11.3. The first-order valence-electron chi connectivity index (χ1n) is 7.86. The molecule has 3 rings (SSSR count). The maximum Gasteiger partial charge on any atom is 0.412 e. The minimum absolute atomic E-state index is 0.280. The summed E-state index contributed by atoms with van der Waals surface area (Å²) in [5.41, 5.74) is 2.39. The van der Waals surface area contributed by atoms with E-state index < -0.39 is 12.3 Å². The van der Waals surface area contributed by atoms with E-state index >= 15 is 0 Å². The van der Waals surface area contributed by atoms with Crippen LogP contribution in [0.5, 0.6) is 0 Å². The van der Waals surface area contributed by atoms with Crippen LogP contribution in [0.3, 0.4) is 0 Å². The number of benzene rings is 1. The summed E-state index contributed by atoms with van der Waals surface area (Å²) in [4.78, 5) is 19.6. The van der Waals surface area contributed by atoms with Crippen molar-refractivity contribution in [2.24, 2.45) is 0 Å². The molecule has 136 valence electrons. The Bertz CT molecular complexity index is 858. The smallest absolute Gasteiger partial charge is 0.412 e. The third-order valence-corrected chi connectivity index (χ3v) is 4.10. The molecule has 1 aromatic heterocycles. The first-order chi connectivity index (χ1) is 12.5. The lowest BCUT2D eigenvalue weighted by molar-refractivity contribution is 0.187. The number of aliphatic hydroxyl groups is 1. The number of ether oxygens (including phenoxy) is 1. The molecule has 0 radical (unpaired) electrons. The normalized spacial score (nSPS) is 16.6. The molecule has 2 heterocycles. The predicted octanol–water partition coefficient (Wildman–Crippen LogP) is 2.94. The first kappa shape index (κ1) is 18.0. The van der Waals surface area contributed by atoms with Gasteiger partial charge in [0.1, 0.15) is 12.0 Å². The van der Waals surface area contributed by atoms with Crippen LogP contribution in [0.15, 0.2) is 36.0 Å².